The molecule has 1 amide bonds. The molecule has 1 aliphatic carbocycles. The summed E-state index contributed by atoms with van der Waals surface area (Å²) in [6.45, 7) is 1.76. The molecule has 1 aliphatic heterocycles. The number of carbonyl (C=O) groups excluding carboxylic acids is 1. The van der Waals surface area contributed by atoms with Gasteiger partial charge in [-0.2, -0.15) is 0 Å². The first-order chi connectivity index (χ1) is 12.7. The first kappa shape index (κ1) is 16.9. The van der Waals surface area contributed by atoms with Crippen molar-refractivity contribution in [2.75, 3.05) is 20.4 Å². The van der Waals surface area contributed by atoms with Crippen molar-refractivity contribution in [3.05, 3.63) is 59.7 Å². The van der Waals surface area contributed by atoms with Crippen LogP contribution in [0.25, 0.3) is 0 Å². The summed E-state index contributed by atoms with van der Waals surface area (Å²) in [7, 11) is 2.14. The van der Waals surface area contributed by atoms with Crippen molar-refractivity contribution in [2.45, 2.75) is 25.4 Å². The van der Waals surface area contributed by atoms with Crippen molar-refractivity contribution in [2.24, 2.45) is 5.92 Å². The van der Waals surface area contributed by atoms with Crippen LogP contribution in [-0.2, 0) is 6.54 Å². The summed E-state index contributed by atoms with van der Waals surface area (Å²) >= 11 is 0. The third kappa shape index (κ3) is 3.83. The number of rotatable bonds is 7. The van der Waals surface area contributed by atoms with Gasteiger partial charge in [0.05, 0.1) is 0 Å². The van der Waals surface area contributed by atoms with Gasteiger partial charge in [0, 0.05) is 24.7 Å². The minimum Gasteiger partial charge on any atom is -0.454 e. The molecule has 0 radical (unpaired) electrons. The van der Waals surface area contributed by atoms with Crippen LogP contribution in [0.1, 0.15) is 28.8 Å². The van der Waals surface area contributed by atoms with Crippen molar-refractivity contribution >= 4 is 5.91 Å². The Kier molecular flexibility index (Phi) is 4.80. The maximum atomic E-state index is 12.5. The first-order valence-electron chi connectivity index (χ1n) is 9.13. The molecule has 0 spiro atoms. The molecule has 26 heavy (non-hydrogen) atoms. The topological polar surface area (TPSA) is 50.8 Å². The number of hydrogen-bond donors (Lipinski definition) is 1. The Bertz CT molecular complexity index is 774. The molecule has 2 aromatic rings. The van der Waals surface area contributed by atoms with Crippen molar-refractivity contribution in [1.29, 1.82) is 0 Å². The van der Waals surface area contributed by atoms with Crippen LogP contribution in [0.3, 0.4) is 0 Å². The molecule has 1 fully saturated rings. The Hall–Kier alpha value is -2.53. The number of likely N-dealkylation sites (N-methyl/N-ethyl adjacent to an activating group) is 1. The van der Waals surface area contributed by atoms with Crippen LogP contribution in [0.4, 0.5) is 0 Å². The minimum atomic E-state index is -0.0675. The van der Waals surface area contributed by atoms with Gasteiger partial charge in [0.1, 0.15) is 0 Å². The zero-order valence-electron chi connectivity index (χ0n) is 15.0. The van der Waals surface area contributed by atoms with Crippen molar-refractivity contribution in [3.8, 4) is 11.5 Å². The molecule has 1 atom stereocenters. The molecule has 0 saturated heterocycles. The van der Waals surface area contributed by atoms with Gasteiger partial charge in [0.25, 0.3) is 5.91 Å². The molecule has 2 aliphatic rings. The molecule has 1 N–H and O–H groups in total. The molecule has 0 aromatic heterocycles. The van der Waals surface area contributed by atoms with E-state index in [1.54, 1.807) is 18.2 Å². The second-order valence-electron chi connectivity index (χ2n) is 7.08. The predicted octanol–water partition coefficient (Wildman–Crippen LogP) is 3.06. The van der Waals surface area contributed by atoms with E-state index in [-0.39, 0.29) is 12.7 Å². The fourth-order valence-electron chi connectivity index (χ4n) is 3.49. The molecule has 2 aromatic carbocycles. The minimum absolute atomic E-state index is 0.0675. The van der Waals surface area contributed by atoms with E-state index < -0.39 is 0 Å². The van der Waals surface area contributed by atoms with E-state index in [9.17, 15) is 4.79 Å². The molecular weight excluding hydrogens is 328 g/mol. The molecule has 4 rings (SSSR count). The second-order valence-corrected chi connectivity index (χ2v) is 7.08. The van der Waals surface area contributed by atoms with Gasteiger partial charge in [-0.25, -0.2) is 0 Å². The smallest absolute Gasteiger partial charge is 0.251 e. The average Bonchev–Trinajstić information content (AvgIpc) is 3.38. The van der Waals surface area contributed by atoms with Crippen LogP contribution < -0.4 is 14.8 Å². The number of ether oxygens (including phenoxy) is 2. The Morgan fingerprint density at radius 1 is 1.15 bits per heavy atom. The average molecular weight is 352 g/mol. The van der Waals surface area contributed by atoms with Crippen molar-refractivity contribution < 1.29 is 14.3 Å². The van der Waals surface area contributed by atoms with E-state index >= 15 is 0 Å². The fourth-order valence-corrected chi connectivity index (χ4v) is 3.49. The highest BCUT2D eigenvalue weighted by molar-refractivity contribution is 5.94. The largest absolute Gasteiger partial charge is 0.454 e. The summed E-state index contributed by atoms with van der Waals surface area (Å²) in [6, 6.07) is 16.1. The van der Waals surface area contributed by atoms with Gasteiger partial charge in [-0.05, 0) is 49.6 Å². The monoisotopic (exact) mass is 352 g/mol. The number of nitrogens with zero attached hydrogens (tertiary/aromatic N) is 1. The predicted molar refractivity (Wildman–Crippen MR) is 99.3 cm³/mol. The molecule has 0 bridgehead atoms. The Morgan fingerprint density at radius 3 is 2.69 bits per heavy atom. The van der Waals surface area contributed by atoms with Crippen LogP contribution >= 0.6 is 0 Å². The van der Waals surface area contributed by atoms with E-state index in [0.717, 1.165) is 6.54 Å². The quantitative estimate of drug-likeness (QED) is 0.832. The van der Waals surface area contributed by atoms with Gasteiger partial charge in [-0.3, -0.25) is 9.69 Å². The molecule has 0 unspecified atom stereocenters. The maximum absolute atomic E-state index is 12.5. The SMILES string of the molecule is CN(Cc1ccccc1)[C@@H](CNC(=O)c1ccc2c(c1)OCO2)C1CC1. The van der Waals surface area contributed by atoms with Gasteiger partial charge >= 0.3 is 0 Å². The lowest BCUT2D eigenvalue weighted by atomic mass is 10.1. The highest BCUT2D eigenvalue weighted by Gasteiger charge is 2.34. The number of nitrogens with one attached hydrogen (secondary N) is 1. The molecule has 5 heteroatoms. The van der Waals surface area contributed by atoms with E-state index in [0.29, 0.717) is 35.6 Å². The summed E-state index contributed by atoms with van der Waals surface area (Å²) < 4.78 is 10.7. The third-order valence-electron chi connectivity index (χ3n) is 5.11. The van der Waals surface area contributed by atoms with E-state index in [4.69, 9.17) is 9.47 Å². The highest BCUT2D eigenvalue weighted by atomic mass is 16.7. The van der Waals surface area contributed by atoms with Crippen LogP contribution in [0.5, 0.6) is 11.5 Å². The van der Waals surface area contributed by atoms with E-state index in [1.807, 2.05) is 6.07 Å². The lowest BCUT2D eigenvalue weighted by Gasteiger charge is -2.28. The van der Waals surface area contributed by atoms with Gasteiger partial charge in [-0.15, -0.1) is 0 Å². The summed E-state index contributed by atoms with van der Waals surface area (Å²) in [5, 5.41) is 3.10. The summed E-state index contributed by atoms with van der Waals surface area (Å²) in [6.07, 6.45) is 2.48. The number of benzene rings is 2. The van der Waals surface area contributed by atoms with Gasteiger partial charge in [-0.1, -0.05) is 30.3 Å². The lowest BCUT2D eigenvalue weighted by Crippen LogP contribution is -2.43. The fraction of sp³-hybridized carbons (Fsp3) is 0.381. The van der Waals surface area contributed by atoms with Crippen LogP contribution in [0.2, 0.25) is 0 Å². The highest BCUT2D eigenvalue weighted by Crippen LogP contribution is 2.35. The maximum Gasteiger partial charge on any atom is 0.251 e. The summed E-state index contributed by atoms with van der Waals surface area (Å²) in [5.74, 6) is 1.93. The number of hydrogen-bond acceptors (Lipinski definition) is 4. The standard InChI is InChI=1S/C21H24N2O3/c1-23(13-15-5-3-2-4-6-15)18(16-7-8-16)12-22-21(24)17-9-10-19-20(11-17)26-14-25-19/h2-6,9-11,16,18H,7-8,12-14H2,1H3,(H,22,24)/t18-/m0/s1. The molecule has 136 valence electrons. The van der Waals surface area contributed by atoms with Crippen molar-refractivity contribution in [3.63, 3.8) is 0 Å². The van der Waals surface area contributed by atoms with Crippen LogP contribution in [0.15, 0.2) is 48.5 Å². The lowest BCUT2D eigenvalue weighted by molar-refractivity contribution is 0.0932. The van der Waals surface area contributed by atoms with Crippen molar-refractivity contribution in [1.82, 2.24) is 10.2 Å². The van der Waals surface area contributed by atoms with E-state index in [2.05, 4.69) is 41.5 Å². The Labute approximate surface area is 153 Å². The molecule has 1 saturated carbocycles. The number of fused-ring (bicyclic) bond motifs is 1. The normalized spacial score (nSPS) is 16.5. The first-order valence-corrected chi connectivity index (χ1v) is 9.13. The summed E-state index contributed by atoms with van der Waals surface area (Å²) in [5.41, 5.74) is 1.90. The van der Waals surface area contributed by atoms with E-state index in [1.165, 1.54) is 18.4 Å². The third-order valence-corrected chi connectivity index (χ3v) is 5.11. The van der Waals surface area contributed by atoms with Gasteiger partial charge in [0.15, 0.2) is 11.5 Å². The second kappa shape index (κ2) is 7.38. The van der Waals surface area contributed by atoms with Gasteiger partial charge < -0.3 is 14.8 Å². The molecular formula is C21H24N2O3. The van der Waals surface area contributed by atoms with Gasteiger partial charge in [0.2, 0.25) is 6.79 Å². The van der Waals surface area contributed by atoms with Crippen LogP contribution in [0, 0.1) is 5.92 Å². The number of amides is 1. The summed E-state index contributed by atoms with van der Waals surface area (Å²) in [4.78, 5) is 14.9. The molecule has 1 heterocycles. The number of carbonyl (C=O) groups is 1. The zero-order chi connectivity index (χ0) is 17.9. The molecule has 5 nitrogen and oxygen atoms in total. The Morgan fingerprint density at radius 2 is 1.92 bits per heavy atom. The van der Waals surface area contributed by atoms with Crippen LogP contribution in [-0.4, -0.2) is 37.2 Å². The Balaban J connectivity index is 1.37. The zero-order valence-corrected chi connectivity index (χ0v) is 15.0.